The lowest BCUT2D eigenvalue weighted by molar-refractivity contribution is 0.0943. The van der Waals surface area contributed by atoms with Crippen molar-refractivity contribution in [2.45, 2.75) is 27.2 Å². The number of carbonyl (C=O) groups is 1. The van der Waals surface area contributed by atoms with Gasteiger partial charge in [-0.25, -0.2) is 9.67 Å². The van der Waals surface area contributed by atoms with Gasteiger partial charge in [-0.1, -0.05) is 36.2 Å². The first-order chi connectivity index (χ1) is 12.5. The number of rotatable bonds is 5. The first-order valence-electron chi connectivity index (χ1n) is 8.58. The quantitative estimate of drug-likeness (QED) is 0.728. The summed E-state index contributed by atoms with van der Waals surface area (Å²) in [6.07, 6.45) is 0.855. The molecule has 134 valence electrons. The number of hydrogen-bond acceptors (Lipinski definition) is 3. The minimum atomic E-state index is -0.273. The van der Waals surface area contributed by atoms with Crippen molar-refractivity contribution in [3.05, 3.63) is 64.4 Å². The lowest BCUT2D eigenvalue weighted by Gasteiger charge is -2.10. The molecule has 1 aromatic heterocycles. The average Bonchev–Trinajstić information content (AvgIpc) is 3.05. The molecule has 2 aromatic carbocycles. The maximum absolute atomic E-state index is 12.4. The van der Waals surface area contributed by atoms with Crippen molar-refractivity contribution in [3.8, 4) is 17.1 Å². The molecule has 0 aliphatic carbocycles. The van der Waals surface area contributed by atoms with Gasteiger partial charge >= 0.3 is 0 Å². The Morgan fingerprint density at radius 1 is 1.15 bits per heavy atom. The van der Waals surface area contributed by atoms with Gasteiger partial charge in [-0.05, 0) is 56.2 Å². The molecule has 1 amide bonds. The fourth-order valence-corrected chi connectivity index (χ4v) is 2.85. The SMILES string of the molecule is CCCNC(=O)c1nc(-c2ccc(Cl)cc2)n(-c2ccc(C)cc2C)n1. The van der Waals surface area contributed by atoms with Crippen LogP contribution in [0.1, 0.15) is 35.1 Å². The van der Waals surface area contributed by atoms with E-state index in [1.165, 1.54) is 5.56 Å². The van der Waals surface area contributed by atoms with Crippen molar-refractivity contribution in [1.82, 2.24) is 20.1 Å². The molecule has 0 spiro atoms. The summed E-state index contributed by atoms with van der Waals surface area (Å²) in [6, 6.07) is 13.4. The molecule has 0 saturated carbocycles. The second kappa shape index (κ2) is 7.70. The molecule has 0 aliphatic heterocycles. The molecule has 26 heavy (non-hydrogen) atoms. The van der Waals surface area contributed by atoms with Crippen molar-refractivity contribution in [1.29, 1.82) is 0 Å². The van der Waals surface area contributed by atoms with Crippen LogP contribution < -0.4 is 5.32 Å². The van der Waals surface area contributed by atoms with Crippen LogP contribution in [0.15, 0.2) is 42.5 Å². The van der Waals surface area contributed by atoms with Gasteiger partial charge in [-0.3, -0.25) is 4.79 Å². The zero-order valence-corrected chi connectivity index (χ0v) is 15.8. The van der Waals surface area contributed by atoms with Crippen molar-refractivity contribution >= 4 is 17.5 Å². The standard InChI is InChI=1S/C20H21ClN4O/c1-4-11-22-20(26)18-23-19(15-6-8-16(21)9-7-15)25(24-18)17-10-5-13(2)12-14(17)3/h5-10,12H,4,11H2,1-3H3,(H,22,26). The highest BCUT2D eigenvalue weighted by atomic mass is 35.5. The Labute approximate surface area is 158 Å². The van der Waals surface area contributed by atoms with E-state index >= 15 is 0 Å². The minimum absolute atomic E-state index is 0.156. The molecule has 0 radical (unpaired) electrons. The van der Waals surface area contributed by atoms with Crippen LogP contribution in [0.25, 0.3) is 17.1 Å². The third-order valence-electron chi connectivity index (χ3n) is 4.03. The molecule has 0 saturated heterocycles. The number of benzene rings is 2. The average molecular weight is 369 g/mol. The van der Waals surface area contributed by atoms with Crippen LogP contribution in [-0.2, 0) is 0 Å². The van der Waals surface area contributed by atoms with Crippen molar-refractivity contribution in [2.75, 3.05) is 6.54 Å². The smallest absolute Gasteiger partial charge is 0.290 e. The number of amides is 1. The molecule has 3 rings (SSSR count). The fourth-order valence-electron chi connectivity index (χ4n) is 2.72. The molecule has 1 N–H and O–H groups in total. The Kier molecular flexibility index (Phi) is 5.38. The Morgan fingerprint density at radius 2 is 1.88 bits per heavy atom. The number of hydrogen-bond donors (Lipinski definition) is 1. The Balaban J connectivity index is 2.12. The highest BCUT2D eigenvalue weighted by Crippen LogP contribution is 2.25. The summed E-state index contributed by atoms with van der Waals surface area (Å²) in [7, 11) is 0. The Morgan fingerprint density at radius 3 is 2.54 bits per heavy atom. The molecule has 5 nitrogen and oxygen atoms in total. The summed E-state index contributed by atoms with van der Waals surface area (Å²) in [5.74, 6) is 0.490. The van der Waals surface area contributed by atoms with Crippen LogP contribution in [0.5, 0.6) is 0 Å². The number of nitrogens with zero attached hydrogens (tertiary/aromatic N) is 3. The zero-order chi connectivity index (χ0) is 18.7. The maximum atomic E-state index is 12.4. The van der Waals surface area contributed by atoms with Gasteiger partial charge in [-0.2, -0.15) is 0 Å². The Bertz CT molecular complexity index is 931. The molecular formula is C20H21ClN4O. The van der Waals surface area contributed by atoms with E-state index in [0.717, 1.165) is 23.2 Å². The zero-order valence-electron chi connectivity index (χ0n) is 15.1. The predicted octanol–water partition coefficient (Wildman–Crippen LogP) is 4.34. The number of halogens is 1. The first kappa shape index (κ1) is 18.1. The summed E-state index contributed by atoms with van der Waals surface area (Å²) in [6.45, 7) is 6.66. The van der Waals surface area contributed by atoms with Gasteiger partial charge in [0.05, 0.1) is 5.69 Å². The molecule has 6 heteroatoms. The largest absolute Gasteiger partial charge is 0.349 e. The minimum Gasteiger partial charge on any atom is -0.349 e. The van der Waals surface area contributed by atoms with Gasteiger partial charge < -0.3 is 5.32 Å². The van der Waals surface area contributed by atoms with Gasteiger partial charge in [-0.15, -0.1) is 5.10 Å². The summed E-state index contributed by atoms with van der Waals surface area (Å²) < 4.78 is 1.72. The predicted molar refractivity (Wildman–Crippen MR) is 104 cm³/mol. The van der Waals surface area contributed by atoms with E-state index in [2.05, 4.69) is 21.5 Å². The first-order valence-corrected chi connectivity index (χ1v) is 8.96. The van der Waals surface area contributed by atoms with E-state index in [-0.39, 0.29) is 11.7 Å². The normalized spacial score (nSPS) is 10.8. The highest BCUT2D eigenvalue weighted by Gasteiger charge is 2.19. The lowest BCUT2D eigenvalue weighted by atomic mass is 10.1. The van der Waals surface area contributed by atoms with Gasteiger partial charge in [0.1, 0.15) is 0 Å². The van der Waals surface area contributed by atoms with Crippen LogP contribution in [0.4, 0.5) is 0 Å². The van der Waals surface area contributed by atoms with E-state index in [1.54, 1.807) is 16.8 Å². The highest BCUT2D eigenvalue weighted by molar-refractivity contribution is 6.30. The summed E-state index contributed by atoms with van der Waals surface area (Å²) in [5, 5.41) is 7.96. The van der Waals surface area contributed by atoms with Crippen LogP contribution in [-0.4, -0.2) is 27.2 Å². The second-order valence-electron chi connectivity index (χ2n) is 6.22. The van der Waals surface area contributed by atoms with E-state index in [9.17, 15) is 4.79 Å². The molecule has 0 fully saturated rings. The molecule has 3 aromatic rings. The van der Waals surface area contributed by atoms with Gasteiger partial charge in [0.15, 0.2) is 5.82 Å². The number of aryl methyl sites for hydroxylation is 2. The molecule has 0 unspecified atom stereocenters. The van der Waals surface area contributed by atoms with Crippen LogP contribution >= 0.6 is 11.6 Å². The monoisotopic (exact) mass is 368 g/mol. The molecule has 0 bridgehead atoms. The Hall–Kier alpha value is -2.66. The lowest BCUT2D eigenvalue weighted by Crippen LogP contribution is -2.25. The van der Waals surface area contributed by atoms with Gasteiger partial charge in [0.25, 0.3) is 5.91 Å². The second-order valence-corrected chi connectivity index (χ2v) is 6.66. The number of nitrogens with one attached hydrogen (secondary N) is 1. The summed E-state index contributed by atoms with van der Waals surface area (Å²) in [4.78, 5) is 16.9. The maximum Gasteiger partial charge on any atom is 0.290 e. The molecular weight excluding hydrogens is 348 g/mol. The number of carbonyl (C=O) groups excluding carboxylic acids is 1. The van der Waals surface area contributed by atoms with E-state index in [0.29, 0.717) is 17.4 Å². The van der Waals surface area contributed by atoms with Crippen molar-refractivity contribution < 1.29 is 4.79 Å². The summed E-state index contributed by atoms with van der Waals surface area (Å²) >= 11 is 6.00. The third-order valence-corrected chi connectivity index (χ3v) is 4.28. The van der Waals surface area contributed by atoms with E-state index in [1.807, 2.05) is 45.0 Å². The summed E-state index contributed by atoms with van der Waals surface area (Å²) in [5.41, 5.74) is 3.96. The van der Waals surface area contributed by atoms with E-state index < -0.39 is 0 Å². The molecule has 1 heterocycles. The van der Waals surface area contributed by atoms with Gasteiger partial charge in [0, 0.05) is 17.1 Å². The third kappa shape index (κ3) is 3.78. The number of aromatic nitrogens is 3. The van der Waals surface area contributed by atoms with Crippen molar-refractivity contribution in [3.63, 3.8) is 0 Å². The van der Waals surface area contributed by atoms with Gasteiger partial charge in [0.2, 0.25) is 5.82 Å². The van der Waals surface area contributed by atoms with Crippen LogP contribution in [0.2, 0.25) is 5.02 Å². The van der Waals surface area contributed by atoms with E-state index in [4.69, 9.17) is 11.6 Å². The van der Waals surface area contributed by atoms with Crippen LogP contribution in [0.3, 0.4) is 0 Å². The van der Waals surface area contributed by atoms with Crippen LogP contribution in [0, 0.1) is 13.8 Å². The van der Waals surface area contributed by atoms with Crippen molar-refractivity contribution in [2.24, 2.45) is 0 Å². The molecule has 0 atom stereocenters. The fraction of sp³-hybridized carbons (Fsp3) is 0.250. The topological polar surface area (TPSA) is 59.8 Å². The molecule has 0 aliphatic rings.